The van der Waals surface area contributed by atoms with Crippen LogP contribution in [0.1, 0.15) is 48.5 Å². The minimum atomic E-state index is -3.94. The number of alkyl halides is 1. The number of aliphatic imine (C=N–C) groups is 2. The minimum Gasteiger partial charge on any atom is -0.480 e. The lowest BCUT2D eigenvalue weighted by atomic mass is 9.98. The Morgan fingerprint density at radius 1 is 0.889 bits per heavy atom. The highest BCUT2D eigenvalue weighted by Crippen LogP contribution is 2.57. The van der Waals surface area contributed by atoms with Crippen LogP contribution in [0.5, 0.6) is 0 Å². The summed E-state index contributed by atoms with van der Waals surface area (Å²) >= 11 is 0. The second-order valence-electron chi connectivity index (χ2n) is 6.54. The molecule has 0 amide bonds. The van der Waals surface area contributed by atoms with E-state index in [4.69, 9.17) is 18.5 Å². The number of hydrogen-bond acceptors (Lipinski definition) is 7. The average Bonchev–Trinajstić information content (AvgIpc) is 2.62. The van der Waals surface area contributed by atoms with E-state index in [2.05, 4.69) is 9.98 Å². The first-order chi connectivity index (χ1) is 12.7. The fourth-order valence-corrected chi connectivity index (χ4v) is 4.65. The summed E-state index contributed by atoms with van der Waals surface area (Å²) in [5, 5.41) is 0. The molecule has 0 saturated carbocycles. The molecular weight excluding hydrogens is 374 g/mol. The molecule has 9 heteroatoms. The summed E-state index contributed by atoms with van der Waals surface area (Å²) in [7, 11) is -3.94. The third-order valence-electron chi connectivity index (χ3n) is 4.11. The van der Waals surface area contributed by atoms with Crippen molar-refractivity contribution < 1.29 is 27.5 Å². The predicted octanol–water partition coefficient (Wildman–Crippen LogP) is 4.46. The predicted molar refractivity (Wildman–Crippen MR) is 105 cm³/mol. The van der Waals surface area contributed by atoms with Crippen LogP contribution in [0.4, 0.5) is 4.39 Å². The highest BCUT2D eigenvalue weighted by Gasteiger charge is 2.46. The fraction of sp³-hybridized carbons (Fsp3) is 0.889. The standard InChI is InChI=1S/C18H34FN2O5P/c1-8-23-17-14(12(5)6)20-18(24-9-2)15(21-17)13(7)16(19)27(22,25-10-3)26-11-4/h12-16H,8-11H2,1-7H3/t13-,14-,15+,16+/m1/s1. The maximum absolute atomic E-state index is 15.3. The van der Waals surface area contributed by atoms with Crippen molar-refractivity contribution in [3.05, 3.63) is 0 Å². The van der Waals surface area contributed by atoms with Crippen LogP contribution in [-0.2, 0) is 23.1 Å². The summed E-state index contributed by atoms with van der Waals surface area (Å²) in [4.78, 5) is 9.23. The van der Waals surface area contributed by atoms with Crippen LogP contribution < -0.4 is 0 Å². The maximum Gasteiger partial charge on any atom is 0.364 e. The van der Waals surface area contributed by atoms with Gasteiger partial charge in [-0.25, -0.2) is 14.4 Å². The number of nitrogens with zero attached hydrogens (tertiary/aromatic N) is 2. The van der Waals surface area contributed by atoms with Crippen LogP contribution in [0, 0.1) is 11.8 Å². The Kier molecular flexibility index (Phi) is 9.91. The Morgan fingerprint density at radius 2 is 1.33 bits per heavy atom. The quantitative estimate of drug-likeness (QED) is 0.499. The van der Waals surface area contributed by atoms with Crippen LogP contribution in [0.15, 0.2) is 9.98 Å². The highest BCUT2D eigenvalue weighted by molar-refractivity contribution is 7.54. The Labute approximate surface area is 162 Å². The second-order valence-corrected chi connectivity index (χ2v) is 8.63. The average molecular weight is 408 g/mol. The van der Waals surface area contributed by atoms with Gasteiger partial charge in [-0.05, 0) is 33.6 Å². The molecule has 0 aromatic heterocycles. The molecule has 0 unspecified atom stereocenters. The van der Waals surface area contributed by atoms with E-state index in [1.165, 1.54) is 0 Å². The number of hydrogen-bond donors (Lipinski definition) is 0. The van der Waals surface area contributed by atoms with Gasteiger partial charge in [0.1, 0.15) is 12.1 Å². The molecule has 0 saturated heterocycles. The van der Waals surface area contributed by atoms with Gasteiger partial charge in [0.2, 0.25) is 17.7 Å². The SMILES string of the molecule is CCOC1=N[C@H](C(C)C)C(OCC)=N[C@H]1[C@@H](C)[C@@H](F)P(=O)(OCC)OCC. The first-order valence-corrected chi connectivity index (χ1v) is 11.3. The molecule has 0 aliphatic carbocycles. The van der Waals surface area contributed by atoms with Gasteiger partial charge < -0.3 is 18.5 Å². The van der Waals surface area contributed by atoms with Crippen molar-refractivity contribution in [2.45, 2.75) is 66.5 Å². The molecule has 0 aromatic rings. The largest absolute Gasteiger partial charge is 0.480 e. The van der Waals surface area contributed by atoms with E-state index in [9.17, 15) is 4.57 Å². The van der Waals surface area contributed by atoms with Crippen LogP contribution in [0.2, 0.25) is 0 Å². The van der Waals surface area contributed by atoms with Crippen LogP contribution in [-0.4, -0.2) is 56.2 Å². The molecule has 0 N–H and O–H groups in total. The van der Waals surface area contributed by atoms with Crippen molar-refractivity contribution in [1.82, 2.24) is 0 Å². The third-order valence-corrected chi connectivity index (χ3v) is 6.42. The number of rotatable bonds is 10. The lowest BCUT2D eigenvalue weighted by Gasteiger charge is -2.33. The summed E-state index contributed by atoms with van der Waals surface area (Å²) in [5.74, 6) is -1.78. The molecule has 158 valence electrons. The summed E-state index contributed by atoms with van der Waals surface area (Å²) in [6, 6.07) is -1.05. The van der Waals surface area contributed by atoms with E-state index in [0.29, 0.717) is 25.0 Å². The number of ether oxygens (including phenoxy) is 2. The van der Waals surface area contributed by atoms with Gasteiger partial charge in [0.15, 0.2) is 0 Å². The summed E-state index contributed by atoms with van der Waals surface area (Å²) in [6.45, 7) is 13.6. The van der Waals surface area contributed by atoms with Gasteiger partial charge in [0, 0.05) is 5.92 Å². The first kappa shape index (κ1) is 24.1. The first-order valence-electron chi connectivity index (χ1n) is 9.69. The van der Waals surface area contributed by atoms with Gasteiger partial charge in [-0.3, -0.25) is 4.57 Å². The lowest BCUT2D eigenvalue weighted by Crippen LogP contribution is -2.43. The Bertz CT molecular complexity index is 560. The molecule has 0 aromatic carbocycles. The zero-order valence-corrected chi connectivity index (χ0v) is 18.4. The van der Waals surface area contributed by atoms with Crippen molar-refractivity contribution in [3.63, 3.8) is 0 Å². The van der Waals surface area contributed by atoms with Gasteiger partial charge in [-0.2, -0.15) is 0 Å². The van der Waals surface area contributed by atoms with Crippen LogP contribution in [0.3, 0.4) is 0 Å². The molecule has 7 nitrogen and oxygen atoms in total. The topological polar surface area (TPSA) is 78.7 Å². The highest BCUT2D eigenvalue weighted by atomic mass is 31.2. The van der Waals surface area contributed by atoms with E-state index in [1.54, 1.807) is 20.8 Å². The van der Waals surface area contributed by atoms with Crippen LogP contribution in [0.25, 0.3) is 0 Å². The van der Waals surface area contributed by atoms with Crippen LogP contribution >= 0.6 is 7.60 Å². The zero-order chi connectivity index (χ0) is 20.6. The zero-order valence-electron chi connectivity index (χ0n) is 17.5. The molecular formula is C18H34FN2O5P. The molecule has 4 atom stereocenters. The molecule has 0 bridgehead atoms. The molecule has 27 heavy (non-hydrogen) atoms. The molecule has 1 aliphatic heterocycles. The normalized spacial score (nSPS) is 22.9. The molecule has 1 aliphatic rings. The lowest BCUT2D eigenvalue weighted by molar-refractivity contribution is 0.164. The van der Waals surface area contributed by atoms with Gasteiger partial charge in [-0.1, -0.05) is 20.8 Å². The Morgan fingerprint density at radius 3 is 1.74 bits per heavy atom. The van der Waals surface area contributed by atoms with Crippen molar-refractivity contribution in [1.29, 1.82) is 0 Å². The molecule has 0 radical (unpaired) electrons. The molecule has 1 rings (SSSR count). The minimum absolute atomic E-state index is 0.0877. The van der Waals surface area contributed by atoms with E-state index >= 15 is 4.39 Å². The fourth-order valence-electron chi connectivity index (χ4n) is 2.83. The van der Waals surface area contributed by atoms with E-state index in [1.807, 2.05) is 27.7 Å². The smallest absolute Gasteiger partial charge is 0.364 e. The monoisotopic (exact) mass is 408 g/mol. The van der Waals surface area contributed by atoms with E-state index < -0.39 is 25.5 Å². The molecule has 0 spiro atoms. The number of halogens is 1. The van der Waals surface area contributed by atoms with E-state index in [0.717, 1.165) is 0 Å². The summed E-state index contributed by atoms with van der Waals surface area (Å²) in [6.07, 6.45) is 0. The summed E-state index contributed by atoms with van der Waals surface area (Å²) < 4.78 is 49.8. The maximum atomic E-state index is 15.3. The van der Waals surface area contributed by atoms with Gasteiger partial charge >= 0.3 is 7.60 Å². The van der Waals surface area contributed by atoms with Gasteiger partial charge in [0.05, 0.1) is 26.4 Å². The van der Waals surface area contributed by atoms with Crippen molar-refractivity contribution in [2.75, 3.05) is 26.4 Å². The Balaban J connectivity index is 3.24. The van der Waals surface area contributed by atoms with Crippen molar-refractivity contribution in [3.8, 4) is 0 Å². The van der Waals surface area contributed by atoms with Gasteiger partial charge in [-0.15, -0.1) is 0 Å². The third kappa shape index (κ3) is 6.00. The van der Waals surface area contributed by atoms with Crippen molar-refractivity contribution in [2.24, 2.45) is 21.8 Å². The van der Waals surface area contributed by atoms with Crippen molar-refractivity contribution >= 4 is 19.4 Å². The molecule has 1 heterocycles. The Hall–Kier alpha value is -0.980. The van der Waals surface area contributed by atoms with E-state index in [-0.39, 0.29) is 25.2 Å². The second kappa shape index (κ2) is 11.1. The van der Waals surface area contributed by atoms with Gasteiger partial charge in [0.25, 0.3) is 0 Å². The summed E-state index contributed by atoms with van der Waals surface area (Å²) in [5.41, 5.74) is 0. The molecule has 0 fully saturated rings.